The SMILES string of the molecule is CC(C)c1ccc(N2CCCS2(=O)=O)cc1. The van der Waals surface area contributed by atoms with E-state index in [9.17, 15) is 8.42 Å². The van der Waals surface area contributed by atoms with Gasteiger partial charge in [0.15, 0.2) is 0 Å². The smallest absolute Gasteiger partial charge is 0.235 e. The summed E-state index contributed by atoms with van der Waals surface area (Å²) < 4.78 is 24.9. The van der Waals surface area contributed by atoms with Crippen molar-refractivity contribution in [2.24, 2.45) is 0 Å². The van der Waals surface area contributed by atoms with Crippen molar-refractivity contribution in [2.45, 2.75) is 26.2 Å². The molecule has 0 N–H and O–H groups in total. The average Bonchev–Trinajstić information content (AvgIpc) is 2.58. The van der Waals surface area contributed by atoms with Gasteiger partial charge in [-0.25, -0.2) is 8.42 Å². The molecule has 1 aromatic rings. The van der Waals surface area contributed by atoms with Gasteiger partial charge in [0.05, 0.1) is 11.4 Å². The van der Waals surface area contributed by atoms with Gasteiger partial charge in [0, 0.05) is 6.54 Å². The van der Waals surface area contributed by atoms with Crippen LogP contribution in [0.1, 0.15) is 31.7 Å². The molecule has 4 heteroatoms. The number of anilines is 1. The van der Waals surface area contributed by atoms with Gasteiger partial charge >= 0.3 is 0 Å². The first-order valence-corrected chi connectivity index (χ1v) is 7.22. The molecule has 1 aliphatic heterocycles. The van der Waals surface area contributed by atoms with Crippen LogP contribution < -0.4 is 4.31 Å². The lowest BCUT2D eigenvalue weighted by Gasteiger charge is -2.17. The van der Waals surface area contributed by atoms with Crippen molar-refractivity contribution in [2.75, 3.05) is 16.6 Å². The van der Waals surface area contributed by atoms with Gasteiger partial charge in [-0.15, -0.1) is 0 Å². The first kappa shape index (κ1) is 11.5. The molecule has 2 rings (SSSR count). The molecule has 0 bridgehead atoms. The summed E-state index contributed by atoms with van der Waals surface area (Å²) in [6.45, 7) is 4.87. The minimum Gasteiger partial charge on any atom is -0.270 e. The molecular weight excluding hydrogens is 222 g/mol. The Balaban J connectivity index is 2.29. The van der Waals surface area contributed by atoms with Crippen LogP contribution in [0.5, 0.6) is 0 Å². The molecule has 0 saturated carbocycles. The van der Waals surface area contributed by atoms with Gasteiger partial charge in [-0.05, 0) is 30.0 Å². The third-order valence-corrected chi connectivity index (χ3v) is 4.82. The molecule has 0 atom stereocenters. The Kier molecular flexibility index (Phi) is 2.93. The lowest BCUT2D eigenvalue weighted by Crippen LogP contribution is -2.24. The molecule has 3 nitrogen and oxygen atoms in total. The van der Waals surface area contributed by atoms with Gasteiger partial charge in [0.1, 0.15) is 0 Å². The second-order valence-electron chi connectivity index (χ2n) is 4.49. The van der Waals surface area contributed by atoms with Crippen molar-refractivity contribution in [3.63, 3.8) is 0 Å². The molecule has 88 valence electrons. The predicted molar refractivity (Wildman–Crippen MR) is 66.3 cm³/mol. The molecule has 1 aromatic carbocycles. The molecule has 0 amide bonds. The van der Waals surface area contributed by atoms with Crippen LogP contribution in [0, 0.1) is 0 Å². The van der Waals surface area contributed by atoms with Crippen LogP contribution >= 0.6 is 0 Å². The Morgan fingerprint density at radius 3 is 2.25 bits per heavy atom. The Labute approximate surface area is 97.1 Å². The highest BCUT2D eigenvalue weighted by atomic mass is 32.2. The molecule has 1 aliphatic rings. The Morgan fingerprint density at radius 2 is 1.81 bits per heavy atom. The number of hydrogen-bond donors (Lipinski definition) is 0. The fraction of sp³-hybridized carbons (Fsp3) is 0.500. The summed E-state index contributed by atoms with van der Waals surface area (Å²) in [4.78, 5) is 0. The summed E-state index contributed by atoms with van der Waals surface area (Å²) >= 11 is 0. The summed E-state index contributed by atoms with van der Waals surface area (Å²) in [7, 11) is -3.04. The minimum atomic E-state index is -3.04. The number of hydrogen-bond acceptors (Lipinski definition) is 2. The zero-order valence-corrected chi connectivity index (χ0v) is 10.5. The summed E-state index contributed by atoms with van der Waals surface area (Å²) in [5.74, 6) is 0.753. The Morgan fingerprint density at radius 1 is 1.19 bits per heavy atom. The molecule has 16 heavy (non-hydrogen) atoms. The maximum Gasteiger partial charge on any atom is 0.235 e. The fourth-order valence-corrected chi connectivity index (χ4v) is 3.52. The van der Waals surface area contributed by atoms with E-state index < -0.39 is 10.0 Å². The Hall–Kier alpha value is -1.03. The van der Waals surface area contributed by atoms with Crippen molar-refractivity contribution in [3.8, 4) is 0 Å². The minimum absolute atomic E-state index is 0.277. The van der Waals surface area contributed by atoms with Crippen LogP contribution in [0.4, 0.5) is 5.69 Å². The van der Waals surface area contributed by atoms with Crippen molar-refractivity contribution >= 4 is 15.7 Å². The predicted octanol–water partition coefficient (Wildman–Crippen LogP) is 2.35. The molecule has 0 radical (unpaired) electrons. The highest BCUT2D eigenvalue weighted by Gasteiger charge is 2.28. The number of rotatable bonds is 2. The molecule has 1 heterocycles. The van der Waals surface area contributed by atoms with E-state index in [2.05, 4.69) is 13.8 Å². The van der Waals surface area contributed by atoms with E-state index in [-0.39, 0.29) is 5.75 Å². The largest absolute Gasteiger partial charge is 0.270 e. The first-order valence-electron chi connectivity index (χ1n) is 5.61. The van der Waals surface area contributed by atoms with Gasteiger partial charge in [-0.2, -0.15) is 0 Å². The molecule has 1 fully saturated rings. The van der Waals surface area contributed by atoms with E-state index in [1.165, 1.54) is 9.87 Å². The topological polar surface area (TPSA) is 37.4 Å². The average molecular weight is 239 g/mol. The third-order valence-electron chi connectivity index (χ3n) is 2.95. The third kappa shape index (κ3) is 2.07. The normalized spacial score (nSPS) is 19.3. The zero-order chi connectivity index (χ0) is 11.8. The van der Waals surface area contributed by atoms with Crippen LogP contribution in [0.15, 0.2) is 24.3 Å². The van der Waals surface area contributed by atoms with E-state index in [1.54, 1.807) is 0 Å². The van der Waals surface area contributed by atoms with Crippen molar-refractivity contribution < 1.29 is 8.42 Å². The van der Waals surface area contributed by atoms with Crippen LogP contribution in [0.25, 0.3) is 0 Å². The summed E-state index contributed by atoms with van der Waals surface area (Å²) in [6, 6.07) is 7.82. The van der Waals surface area contributed by atoms with E-state index in [0.29, 0.717) is 12.5 Å². The van der Waals surface area contributed by atoms with E-state index in [1.807, 2.05) is 24.3 Å². The van der Waals surface area contributed by atoms with Crippen LogP contribution in [-0.2, 0) is 10.0 Å². The van der Waals surface area contributed by atoms with Crippen LogP contribution in [0.2, 0.25) is 0 Å². The molecule has 1 saturated heterocycles. The van der Waals surface area contributed by atoms with Gasteiger partial charge in [-0.3, -0.25) is 4.31 Å². The van der Waals surface area contributed by atoms with Gasteiger partial charge < -0.3 is 0 Å². The second-order valence-corrected chi connectivity index (χ2v) is 6.50. The molecule has 0 aromatic heterocycles. The van der Waals surface area contributed by atoms with E-state index >= 15 is 0 Å². The molecular formula is C12H17NO2S. The number of benzene rings is 1. The van der Waals surface area contributed by atoms with Gasteiger partial charge in [-0.1, -0.05) is 26.0 Å². The van der Waals surface area contributed by atoms with Gasteiger partial charge in [0.2, 0.25) is 10.0 Å². The quantitative estimate of drug-likeness (QED) is 0.794. The highest BCUT2D eigenvalue weighted by molar-refractivity contribution is 7.93. The standard InChI is InChI=1S/C12H17NO2S/c1-10(2)11-4-6-12(7-5-11)13-8-3-9-16(13,14)15/h4-7,10H,3,8-9H2,1-2H3. The van der Waals surface area contributed by atoms with E-state index in [4.69, 9.17) is 0 Å². The maximum absolute atomic E-state index is 11.7. The second kappa shape index (κ2) is 4.09. The maximum atomic E-state index is 11.7. The lowest BCUT2D eigenvalue weighted by atomic mass is 10.0. The number of sulfonamides is 1. The number of nitrogens with zero attached hydrogens (tertiary/aromatic N) is 1. The molecule has 0 unspecified atom stereocenters. The zero-order valence-electron chi connectivity index (χ0n) is 9.68. The monoisotopic (exact) mass is 239 g/mol. The van der Waals surface area contributed by atoms with Gasteiger partial charge in [0.25, 0.3) is 0 Å². The van der Waals surface area contributed by atoms with Crippen molar-refractivity contribution in [1.29, 1.82) is 0 Å². The summed E-state index contributed by atoms with van der Waals surface area (Å²) in [6.07, 6.45) is 0.730. The Bertz CT molecular complexity index is 462. The van der Waals surface area contributed by atoms with Crippen LogP contribution in [0.3, 0.4) is 0 Å². The van der Waals surface area contributed by atoms with Crippen molar-refractivity contribution in [1.82, 2.24) is 0 Å². The highest BCUT2D eigenvalue weighted by Crippen LogP contribution is 2.25. The summed E-state index contributed by atoms with van der Waals surface area (Å²) in [5.41, 5.74) is 2.03. The fourth-order valence-electron chi connectivity index (χ4n) is 1.96. The summed E-state index contributed by atoms with van der Waals surface area (Å²) in [5, 5.41) is 0. The molecule has 0 aliphatic carbocycles. The van der Waals surface area contributed by atoms with E-state index in [0.717, 1.165) is 12.1 Å². The lowest BCUT2D eigenvalue weighted by molar-refractivity contribution is 0.599. The first-order chi connectivity index (χ1) is 7.50. The van der Waals surface area contributed by atoms with Crippen LogP contribution in [-0.4, -0.2) is 20.7 Å². The van der Waals surface area contributed by atoms with Crippen molar-refractivity contribution in [3.05, 3.63) is 29.8 Å². The molecule has 0 spiro atoms.